The number of aliphatic imine (C=N–C) groups is 1. The summed E-state index contributed by atoms with van der Waals surface area (Å²) in [4.78, 5) is 17.6. The fourth-order valence-corrected chi connectivity index (χ4v) is 3.00. The third-order valence-electron chi connectivity index (χ3n) is 4.03. The van der Waals surface area contributed by atoms with E-state index in [4.69, 9.17) is 5.73 Å². The van der Waals surface area contributed by atoms with E-state index in [2.05, 4.69) is 32.7 Å². The van der Waals surface area contributed by atoms with E-state index in [1.54, 1.807) is 24.0 Å². The number of guanidine groups is 1. The van der Waals surface area contributed by atoms with Crippen LogP contribution in [0.15, 0.2) is 41.7 Å². The number of amides is 1. The molecular formula is C15H16IN5O2. The lowest BCUT2D eigenvalue weighted by molar-refractivity contribution is -0.140. The molecule has 0 saturated carbocycles. The van der Waals surface area contributed by atoms with Gasteiger partial charge in [-0.1, -0.05) is 6.07 Å². The highest BCUT2D eigenvalue weighted by molar-refractivity contribution is 14.1. The molecule has 1 aliphatic heterocycles. The summed E-state index contributed by atoms with van der Waals surface area (Å²) in [6.07, 6.45) is 2.04. The fourth-order valence-electron chi connectivity index (χ4n) is 2.48. The zero-order valence-corrected chi connectivity index (χ0v) is 14.8. The number of likely N-dealkylation sites (N-methyl/N-ethyl adjacent to an activating group) is 1. The van der Waals surface area contributed by atoms with Crippen molar-refractivity contribution >= 4 is 34.5 Å². The first-order chi connectivity index (χ1) is 10.8. The van der Waals surface area contributed by atoms with Crippen LogP contribution in [-0.4, -0.2) is 44.8 Å². The predicted octanol–water partition coefficient (Wildman–Crippen LogP) is 0.840. The topological polar surface area (TPSA) is 96.7 Å². The molecule has 2 heterocycles. The Balaban J connectivity index is 2.04. The van der Waals surface area contributed by atoms with Crippen LogP contribution in [0.4, 0.5) is 0 Å². The lowest BCUT2D eigenvalue weighted by Crippen LogP contribution is -2.56. The van der Waals surface area contributed by atoms with Gasteiger partial charge in [-0.3, -0.25) is 9.69 Å². The number of hydrogen-bond donors (Lipinski definition) is 2. The molecule has 2 atom stereocenters. The lowest BCUT2D eigenvalue weighted by Gasteiger charge is -2.36. The average molecular weight is 425 g/mol. The first-order valence-corrected chi connectivity index (χ1v) is 8.03. The number of carbonyl (C=O) groups is 1. The Morgan fingerprint density at radius 2 is 2.17 bits per heavy atom. The van der Waals surface area contributed by atoms with Crippen molar-refractivity contribution in [3.63, 3.8) is 0 Å². The maximum atomic E-state index is 12.1. The van der Waals surface area contributed by atoms with Crippen LogP contribution in [-0.2, 0) is 10.3 Å². The minimum absolute atomic E-state index is 0.0739. The Morgan fingerprint density at radius 3 is 2.87 bits per heavy atom. The van der Waals surface area contributed by atoms with E-state index in [9.17, 15) is 9.90 Å². The van der Waals surface area contributed by atoms with E-state index in [0.29, 0.717) is 5.56 Å². The third-order valence-corrected chi connectivity index (χ3v) is 4.70. The largest absolute Gasteiger partial charge is 0.380 e. The lowest BCUT2D eigenvalue weighted by atomic mass is 9.87. The molecular weight excluding hydrogens is 409 g/mol. The molecule has 1 aliphatic rings. The van der Waals surface area contributed by atoms with E-state index in [1.807, 2.05) is 24.3 Å². The van der Waals surface area contributed by atoms with Gasteiger partial charge >= 0.3 is 0 Å². The number of nitrogens with zero attached hydrogens (tertiary/aromatic N) is 4. The van der Waals surface area contributed by atoms with Crippen LogP contribution < -0.4 is 5.73 Å². The molecule has 0 fully saturated rings. The van der Waals surface area contributed by atoms with E-state index in [0.717, 1.165) is 14.2 Å². The number of nitrogens with two attached hydrogens (primary N) is 1. The molecule has 1 aromatic heterocycles. The van der Waals surface area contributed by atoms with Crippen LogP contribution in [0.2, 0.25) is 0 Å². The summed E-state index contributed by atoms with van der Waals surface area (Å²) < 4.78 is 2.77. The Labute approximate surface area is 146 Å². The zero-order valence-electron chi connectivity index (χ0n) is 12.6. The van der Waals surface area contributed by atoms with Gasteiger partial charge in [0, 0.05) is 22.4 Å². The monoisotopic (exact) mass is 425 g/mol. The van der Waals surface area contributed by atoms with Crippen molar-refractivity contribution in [2.45, 2.75) is 18.6 Å². The van der Waals surface area contributed by atoms with Crippen molar-refractivity contribution in [2.24, 2.45) is 10.7 Å². The van der Waals surface area contributed by atoms with Crippen molar-refractivity contribution in [2.75, 3.05) is 7.05 Å². The first kappa shape index (κ1) is 15.9. The van der Waals surface area contributed by atoms with Crippen molar-refractivity contribution in [3.05, 3.63) is 45.8 Å². The van der Waals surface area contributed by atoms with Gasteiger partial charge < -0.3 is 10.8 Å². The summed E-state index contributed by atoms with van der Waals surface area (Å²) in [7, 11) is 1.49. The molecule has 120 valence electrons. The molecule has 1 aromatic carbocycles. The smallest absolute Gasteiger partial charge is 0.260 e. The van der Waals surface area contributed by atoms with Crippen molar-refractivity contribution < 1.29 is 9.90 Å². The van der Waals surface area contributed by atoms with E-state index in [1.165, 1.54) is 7.05 Å². The van der Waals surface area contributed by atoms with Gasteiger partial charge in [0.1, 0.15) is 5.54 Å². The third kappa shape index (κ3) is 2.61. The normalized spacial score (nSPS) is 24.7. The summed E-state index contributed by atoms with van der Waals surface area (Å²) in [5.74, 6) is -0.410. The van der Waals surface area contributed by atoms with Gasteiger partial charge in [-0.25, -0.2) is 9.67 Å². The zero-order chi connectivity index (χ0) is 16.8. The number of hydrogen-bond acceptors (Lipinski definition) is 5. The molecule has 3 N–H and O–H groups in total. The molecule has 2 aromatic rings. The maximum absolute atomic E-state index is 12.1. The van der Waals surface area contributed by atoms with Crippen LogP contribution in [0.1, 0.15) is 12.5 Å². The van der Waals surface area contributed by atoms with Crippen molar-refractivity contribution in [1.29, 1.82) is 0 Å². The first-order valence-electron chi connectivity index (χ1n) is 6.95. The van der Waals surface area contributed by atoms with Crippen LogP contribution in [0.5, 0.6) is 0 Å². The van der Waals surface area contributed by atoms with Gasteiger partial charge in [0.05, 0.1) is 11.9 Å². The van der Waals surface area contributed by atoms with Gasteiger partial charge in [0.25, 0.3) is 5.91 Å². The average Bonchev–Trinajstić information content (AvgIpc) is 3.02. The highest BCUT2D eigenvalue weighted by Crippen LogP contribution is 2.33. The van der Waals surface area contributed by atoms with Crippen LogP contribution >= 0.6 is 22.6 Å². The number of benzene rings is 1. The SMILES string of the molecule is CN1C(=O)[C@H](O)[C@@](C)(c2cnn(-c3cccc(I)c3)c2)N=C1N. The number of halogens is 1. The van der Waals surface area contributed by atoms with E-state index >= 15 is 0 Å². The number of aliphatic hydroxyl groups is 1. The molecule has 7 nitrogen and oxygen atoms in total. The Bertz CT molecular complexity index is 803. The van der Waals surface area contributed by atoms with Gasteiger partial charge in [-0.15, -0.1) is 0 Å². The van der Waals surface area contributed by atoms with Gasteiger partial charge in [0.15, 0.2) is 12.1 Å². The Kier molecular flexibility index (Phi) is 3.88. The van der Waals surface area contributed by atoms with E-state index < -0.39 is 17.6 Å². The molecule has 0 aliphatic carbocycles. The second-order valence-corrected chi connectivity index (χ2v) is 6.82. The number of aromatic nitrogens is 2. The highest BCUT2D eigenvalue weighted by Gasteiger charge is 2.46. The number of carbonyl (C=O) groups excluding carboxylic acids is 1. The van der Waals surface area contributed by atoms with Gasteiger partial charge in [0.2, 0.25) is 0 Å². The number of rotatable bonds is 2. The van der Waals surface area contributed by atoms with Crippen molar-refractivity contribution in [1.82, 2.24) is 14.7 Å². The summed E-state index contributed by atoms with van der Waals surface area (Å²) in [6.45, 7) is 1.67. The quantitative estimate of drug-likeness (QED) is 0.698. The van der Waals surface area contributed by atoms with Gasteiger partial charge in [-0.2, -0.15) is 5.10 Å². The highest BCUT2D eigenvalue weighted by atomic mass is 127. The molecule has 0 spiro atoms. The van der Waals surface area contributed by atoms with E-state index in [-0.39, 0.29) is 5.96 Å². The molecule has 0 bridgehead atoms. The molecule has 8 heteroatoms. The Morgan fingerprint density at radius 1 is 1.43 bits per heavy atom. The van der Waals surface area contributed by atoms with Crippen LogP contribution in [0, 0.1) is 3.57 Å². The maximum Gasteiger partial charge on any atom is 0.260 e. The molecule has 3 rings (SSSR count). The standard InChI is InChI=1S/C15H16IN5O2/c1-15(12(22)13(23)20(2)14(17)19-15)9-7-18-21(8-9)11-5-3-4-10(16)6-11/h3-8,12,22H,1-2H3,(H2,17,19)/t12-,15+/m0/s1. The molecule has 0 radical (unpaired) electrons. The number of aliphatic hydroxyl groups excluding tert-OH is 1. The fraction of sp³-hybridized carbons (Fsp3) is 0.267. The molecule has 23 heavy (non-hydrogen) atoms. The molecule has 0 unspecified atom stereocenters. The summed E-state index contributed by atoms with van der Waals surface area (Å²) in [6, 6.07) is 7.83. The van der Waals surface area contributed by atoms with Gasteiger partial charge in [-0.05, 0) is 47.7 Å². The summed E-state index contributed by atoms with van der Waals surface area (Å²) in [5, 5.41) is 14.7. The summed E-state index contributed by atoms with van der Waals surface area (Å²) >= 11 is 2.23. The molecule has 0 saturated heterocycles. The summed E-state index contributed by atoms with van der Waals surface area (Å²) in [5.41, 5.74) is 6.14. The van der Waals surface area contributed by atoms with Crippen LogP contribution in [0.3, 0.4) is 0 Å². The molecule has 1 amide bonds. The predicted molar refractivity (Wildman–Crippen MR) is 94.0 cm³/mol. The Hall–Kier alpha value is -1.94. The van der Waals surface area contributed by atoms with Crippen LogP contribution in [0.25, 0.3) is 5.69 Å². The minimum atomic E-state index is -1.31. The van der Waals surface area contributed by atoms with Crippen molar-refractivity contribution in [3.8, 4) is 5.69 Å². The minimum Gasteiger partial charge on any atom is -0.380 e. The second-order valence-electron chi connectivity index (χ2n) is 5.57. The second kappa shape index (κ2) is 5.60.